The normalized spacial score (nSPS) is 10.7. The molecule has 3 rings (SSSR count). The Bertz CT molecular complexity index is 746. The second-order valence-electron chi connectivity index (χ2n) is 4.71. The second-order valence-corrected chi connectivity index (χ2v) is 4.71. The number of benzene rings is 1. The summed E-state index contributed by atoms with van der Waals surface area (Å²) in [5.74, 6) is 1.09. The molecule has 0 saturated heterocycles. The van der Waals surface area contributed by atoms with Gasteiger partial charge in [0.05, 0.1) is 17.6 Å². The Balaban J connectivity index is 2.08. The standard InChI is InChI=1S/C14H16N6/c1-19(2)11-6-4-3-5-10(11)17-13-14-16-7-8-20(14)9-12(15)18-13/h3-9H,15H2,1-2H3,(H,17,18). The van der Waals surface area contributed by atoms with E-state index in [4.69, 9.17) is 5.73 Å². The van der Waals surface area contributed by atoms with E-state index in [1.807, 2.05) is 53.9 Å². The Morgan fingerprint density at radius 1 is 1.25 bits per heavy atom. The molecule has 6 nitrogen and oxygen atoms in total. The number of hydrogen-bond donors (Lipinski definition) is 2. The van der Waals surface area contributed by atoms with Gasteiger partial charge in [0.2, 0.25) is 0 Å². The molecule has 3 N–H and O–H groups in total. The number of nitrogen functional groups attached to an aromatic ring is 1. The maximum atomic E-state index is 5.83. The molecule has 20 heavy (non-hydrogen) atoms. The summed E-state index contributed by atoms with van der Waals surface area (Å²) in [6, 6.07) is 8.01. The monoisotopic (exact) mass is 268 g/mol. The van der Waals surface area contributed by atoms with Gasteiger partial charge in [-0.05, 0) is 12.1 Å². The van der Waals surface area contributed by atoms with Gasteiger partial charge in [0.1, 0.15) is 5.82 Å². The molecule has 0 aliphatic rings. The minimum absolute atomic E-state index is 0.445. The number of para-hydroxylation sites is 2. The quantitative estimate of drug-likeness (QED) is 0.761. The van der Waals surface area contributed by atoms with Crippen molar-refractivity contribution in [2.75, 3.05) is 30.0 Å². The van der Waals surface area contributed by atoms with Crippen LogP contribution in [-0.4, -0.2) is 28.5 Å². The number of nitrogens with one attached hydrogen (secondary N) is 1. The van der Waals surface area contributed by atoms with Gasteiger partial charge in [-0.3, -0.25) is 0 Å². The molecule has 2 heterocycles. The fourth-order valence-corrected chi connectivity index (χ4v) is 2.13. The Kier molecular flexibility index (Phi) is 2.90. The molecule has 2 aromatic heterocycles. The number of anilines is 4. The zero-order chi connectivity index (χ0) is 14.1. The van der Waals surface area contributed by atoms with Crippen molar-refractivity contribution in [1.82, 2.24) is 14.4 Å². The average molecular weight is 268 g/mol. The maximum Gasteiger partial charge on any atom is 0.180 e. The predicted octanol–water partition coefficient (Wildman–Crippen LogP) is 2.12. The number of aromatic nitrogens is 3. The molecule has 0 saturated carbocycles. The Morgan fingerprint density at radius 3 is 2.85 bits per heavy atom. The number of nitrogens with zero attached hydrogens (tertiary/aromatic N) is 4. The van der Waals surface area contributed by atoms with Crippen LogP contribution in [0.15, 0.2) is 42.9 Å². The zero-order valence-electron chi connectivity index (χ0n) is 11.4. The fraction of sp³-hybridized carbons (Fsp3) is 0.143. The van der Waals surface area contributed by atoms with Gasteiger partial charge in [-0.25, -0.2) is 9.97 Å². The van der Waals surface area contributed by atoms with Crippen molar-refractivity contribution >= 4 is 28.7 Å². The van der Waals surface area contributed by atoms with Crippen LogP contribution >= 0.6 is 0 Å². The summed E-state index contributed by atoms with van der Waals surface area (Å²) in [7, 11) is 4.00. The van der Waals surface area contributed by atoms with E-state index in [-0.39, 0.29) is 0 Å². The third-order valence-corrected chi connectivity index (χ3v) is 3.03. The Hall–Kier alpha value is -2.76. The van der Waals surface area contributed by atoms with Crippen molar-refractivity contribution in [2.45, 2.75) is 0 Å². The summed E-state index contributed by atoms with van der Waals surface area (Å²) in [4.78, 5) is 10.7. The molecule has 0 spiro atoms. The molecule has 1 aromatic carbocycles. The van der Waals surface area contributed by atoms with Crippen LogP contribution in [0, 0.1) is 0 Å². The summed E-state index contributed by atoms with van der Waals surface area (Å²) in [5.41, 5.74) is 8.60. The summed E-state index contributed by atoms with van der Waals surface area (Å²) in [6.45, 7) is 0. The zero-order valence-corrected chi connectivity index (χ0v) is 11.4. The second kappa shape index (κ2) is 4.73. The summed E-state index contributed by atoms with van der Waals surface area (Å²) >= 11 is 0. The molecule has 0 bridgehead atoms. The average Bonchev–Trinajstić information content (AvgIpc) is 2.87. The number of hydrogen-bond acceptors (Lipinski definition) is 5. The summed E-state index contributed by atoms with van der Waals surface area (Å²) in [5, 5.41) is 3.31. The predicted molar refractivity (Wildman–Crippen MR) is 81.5 cm³/mol. The van der Waals surface area contributed by atoms with Gasteiger partial charge in [0, 0.05) is 26.5 Å². The molecule has 0 atom stereocenters. The van der Waals surface area contributed by atoms with E-state index in [0.717, 1.165) is 17.0 Å². The van der Waals surface area contributed by atoms with Gasteiger partial charge in [-0.2, -0.15) is 0 Å². The van der Waals surface area contributed by atoms with Crippen LogP contribution in [0.4, 0.5) is 23.0 Å². The largest absolute Gasteiger partial charge is 0.382 e. The summed E-state index contributed by atoms with van der Waals surface area (Å²) in [6.07, 6.45) is 5.31. The molecule has 6 heteroatoms. The van der Waals surface area contributed by atoms with E-state index in [9.17, 15) is 0 Å². The minimum atomic E-state index is 0.445. The van der Waals surface area contributed by atoms with Crippen LogP contribution in [0.3, 0.4) is 0 Å². The van der Waals surface area contributed by atoms with Gasteiger partial charge < -0.3 is 20.4 Å². The maximum absolute atomic E-state index is 5.83. The molecular weight excluding hydrogens is 252 g/mol. The van der Waals surface area contributed by atoms with Crippen molar-refractivity contribution in [1.29, 1.82) is 0 Å². The third kappa shape index (κ3) is 2.11. The number of rotatable bonds is 3. The highest BCUT2D eigenvalue weighted by Gasteiger charge is 2.09. The Labute approximate surface area is 116 Å². The lowest BCUT2D eigenvalue weighted by molar-refractivity contribution is 1.12. The van der Waals surface area contributed by atoms with Crippen LogP contribution in [0.5, 0.6) is 0 Å². The van der Waals surface area contributed by atoms with Gasteiger partial charge in [-0.15, -0.1) is 0 Å². The number of imidazole rings is 1. The van der Waals surface area contributed by atoms with Crippen molar-refractivity contribution in [3.05, 3.63) is 42.9 Å². The lowest BCUT2D eigenvalue weighted by Gasteiger charge is -2.18. The minimum Gasteiger partial charge on any atom is -0.382 e. The lowest BCUT2D eigenvalue weighted by atomic mass is 10.2. The smallest absolute Gasteiger partial charge is 0.180 e. The van der Waals surface area contributed by atoms with Crippen LogP contribution in [0.25, 0.3) is 5.65 Å². The summed E-state index contributed by atoms with van der Waals surface area (Å²) < 4.78 is 1.85. The van der Waals surface area contributed by atoms with Crippen molar-refractivity contribution in [3.8, 4) is 0 Å². The molecule has 3 aromatic rings. The first-order valence-corrected chi connectivity index (χ1v) is 6.28. The first kappa shape index (κ1) is 12.3. The molecule has 102 valence electrons. The topological polar surface area (TPSA) is 71.5 Å². The highest BCUT2D eigenvalue weighted by molar-refractivity contribution is 5.79. The van der Waals surface area contributed by atoms with E-state index in [1.54, 1.807) is 12.4 Å². The van der Waals surface area contributed by atoms with Crippen LogP contribution in [0.2, 0.25) is 0 Å². The molecule has 0 aliphatic heterocycles. The first-order chi connectivity index (χ1) is 9.65. The third-order valence-electron chi connectivity index (χ3n) is 3.03. The van der Waals surface area contributed by atoms with Crippen LogP contribution in [-0.2, 0) is 0 Å². The first-order valence-electron chi connectivity index (χ1n) is 6.28. The van der Waals surface area contributed by atoms with E-state index in [0.29, 0.717) is 11.6 Å². The lowest BCUT2D eigenvalue weighted by Crippen LogP contribution is -2.11. The van der Waals surface area contributed by atoms with Gasteiger partial charge in [0.25, 0.3) is 0 Å². The van der Waals surface area contributed by atoms with Gasteiger partial charge in [-0.1, -0.05) is 12.1 Å². The molecule has 0 unspecified atom stereocenters. The van der Waals surface area contributed by atoms with Crippen LogP contribution in [0.1, 0.15) is 0 Å². The molecule has 0 amide bonds. The highest BCUT2D eigenvalue weighted by atomic mass is 15.1. The highest BCUT2D eigenvalue weighted by Crippen LogP contribution is 2.28. The van der Waals surface area contributed by atoms with E-state index in [2.05, 4.69) is 15.3 Å². The Morgan fingerprint density at radius 2 is 2.05 bits per heavy atom. The van der Waals surface area contributed by atoms with Crippen molar-refractivity contribution in [2.24, 2.45) is 0 Å². The van der Waals surface area contributed by atoms with E-state index < -0.39 is 0 Å². The molecular formula is C14H16N6. The van der Waals surface area contributed by atoms with Gasteiger partial charge in [0.15, 0.2) is 11.5 Å². The van der Waals surface area contributed by atoms with Crippen molar-refractivity contribution < 1.29 is 0 Å². The van der Waals surface area contributed by atoms with Gasteiger partial charge >= 0.3 is 0 Å². The molecule has 0 radical (unpaired) electrons. The SMILES string of the molecule is CN(C)c1ccccc1Nc1nc(N)cn2ccnc12. The van der Waals surface area contributed by atoms with Crippen LogP contribution < -0.4 is 16.0 Å². The van der Waals surface area contributed by atoms with E-state index in [1.165, 1.54) is 0 Å². The van der Waals surface area contributed by atoms with E-state index >= 15 is 0 Å². The number of fused-ring (bicyclic) bond motifs is 1. The molecule has 0 fully saturated rings. The van der Waals surface area contributed by atoms with Crippen molar-refractivity contribution in [3.63, 3.8) is 0 Å². The fourth-order valence-electron chi connectivity index (χ4n) is 2.13. The number of nitrogens with two attached hydrogens (primary N) is 1. The molecule has 0 aliphatic carbocycles.